The van der Waals surface area contributed by atoms with Crippen LogP contribution in [0.1, 0.15) is 21.6 Å². The van der Waals surface area contributed by atoms with Crippen LogP contribution in [0.2, 0.25) is 0 Å². The average Bonchev–Trinajstić information content (AvgIpc) is 2.76. The molecule has 0 spiro atoms. The van der Waals surface area contributed by atoms with Crippen molar-refractivity contribution in [2.24, 2.45) is 0 Å². The highest BCUT2D eigenvalue weighted by Gasteiger charge is 2.18. The highest BCUT2D eigenvalue weighted by molar-refractivity contribution is 9.10. The van der Waals surface area contributed by atoms with Gasteiger partial charge < -0.3 is 5.11 Å². The molecule has 1 atom stereocenters. The molecule has 1 aromatic carbocycles. The van der Waals surface area contributed by atoms with Gasteiger partial charge in [0, 0.05) is 18.2 Å². The zero-order valence-corrected chi connectivity index (χ0v) is 11.9. The van der Waals surface area contributed by atoms with Crippen molar-refractivity contribution in [3.05, 3.63) is 49.9 Å². The number of rotatable bonds is 3. The van der Waals surface area contributed by atoms with Crippen LogP contribution in [0.15, 0.2) is 22.8 Å². The second kappa shape index (κ2) is 5.42. The minimum atomic E-state index is -0.950. The summed E-state index contributed by atoms with van der Waals surface area (Å²) in [6.07, 6.45) is 0.464. The highest BCUT2D eigenvalue weighted by Crippen LogP contribution is 2.28. The van der Waals surface area contributed by atoms with E-state index in [1.165, 1.54) is 29.7 Å². The molecule has 0 aliphatic carbocycles. The molecule has 0 saturated carbocycles. The van der Waals surface area contributed by atoms with Crippen LogP contribution in [0.4, 0.5) is 8.78 Å². The van der Waals surface area contributed by atoms with E-state index in [0.29, 0.717) is 4.88 Å². The summed E-state index contributed by atoms with van der Waals surface area (Å²) in [6, 6.07) is 2.48. The Bertz CT molecular complexity index is 573. The molecule has 1 heterocycles. The third-order valence-electron chi connectivity index (χ3n) is 2.50. The van der Waals surface area contributed by atoms with Crippen LogP contribution in [-0.4, -0.2) is 10.1 Å². The molecule has 96 valence electrons. The number of aryl methyl sites for hydroxylation is 1. The molecule has 1 N–H and O–H groups in total. The Morgan fingerprint density at radius 1 is 1.44 bits per heavy atom. The standard InChI is InChI=1S/C12H10BrF2NOS/c1-6-16-5-11(18-6)10(17)4-7-9(14)3-2-8(13)12(7)15/h2-3,5,10,17H,4H2,1H3. The van der Waals surface area contributed by atoms with Gasteiger partial charge in [0.1, 0.15) is 11.6 Å². The highest BCUT2D eigenvalue weighted by atomic mass is 79.9. The second-order valence-corrected chi connectivity index (χ2v) is 5.94. The Hall–Kier alpha value is -0.850. The van der Waals surface area contributed by atoms with Gasteiger partial charge in [0.05, 0.1) is 20.5 Å². The number of thiazole rings is 1. The first-order valence-corrected chi connectivity index (χ1v) is 6.82. The number of aliphatic hydroxyl groups excluding tert-OH is 1. The topological polar surface area (TPSA) is 33.1 Å². The van der Waals surface area contributed by atoms with E-state index in [-0.39, 0.29) is 16.5 Å². The van der Waals surface area contributed by atoms with Crippen LogP contribution in [0, 0.1) is 18.6 Å². The van der Waals surface area contributed by atoms with Crippen molar-refractivity contribution in [3.8, 4) is 0 Å². The lowest BCUT2D eigenvalue weighted by Gasteiger charge is -2.10. The summed E-state index contributed by atoms with van der Waals surface area (Å²) in [6.45, 7) is 1.81. The largest absolute Gasteiger partial charge is 0.387 e. The maximum absolute atomic E-state index is 13.7. The fraction of sp³-hybridized carbons (Fsp3) is 0.250. The van der Waals surface area contributed by atoms with Crippen LogP contribution in [-0.2, 0) is 6.42 Å². The summed E-state index contributed by atoms with van der Waals surface area (Å²) >= 11 is 4.31. The van der Waals surface area contributed by atoms with Crippen LogP contribution >= 0.6 is 27.3 Å². The Labute approximate surface area is 115 Å². The third kappa shape index (κ3) is 2.76. The van der Waals surface area contributed by atoms with Crippen molar-refractivity contribution in [2.45, 2.75) is 19.4 Å². The van der Waals surface area contributed by atoms with Gasteiger partial charge in [-0.25, -0.2) is 13.8 Å². The van der Waals surface area contributed by atoms with Crippen LogP contribution < -0.4 is 0 Å². The van der Waals surface area contributed by atoms with Crippen molar-refractivity contribution in [3.63, 3.8) is 0 Å². The molecule has 2 aromatic rings. The lowest BCUT2D eigenvalue weighted by molar-refractivity contribution is 0.179. The Morgan fingerprint density at radius 2 is 2.17 bits per heavy atom. The molecule has 2 nitrogen and oxygen atoms in total. The molecule has 2 rings (SSSR count). The molecule has 0 radical (unpaired) electrons. The number of benzene rings is 1. The van der Waals surface area contributed by atoms with E-state index in [4.69, 9.17) is 0 Å². The maximum atomic E-state index is 13.7. The predicted octanol–water partition coefficient (Wildman–Crippen LogP) is 3.77. The molecule has 0 bridgehead atoms. The van der Waals surface area contributed by atoms with Crippen LogP contribution in [0.3, 0.4) is 0 Å². The van der Waals surface area contributed by atoms with Crippen molar-refractivity contribution >= 4 is 27.3 Å². The van der Waals surface area contributed by atoms with E-state index in [9.17, 15) is 13.9 Å². The van der Waals surface area contributed by atoms with E-state index < -0.39 is 17.7 Å². The Balaban J connectivity index is 2.27. The van der Waals surface area contributed by atoms with Gasteiger partial charge in [-0.3, -0.25) is 0 Å². The fourth-order valence-electron chi connectivity index (χ4n) is 1.58. The first kappa shape index (κ1) is 13.6. The zero-order valence-electron chi connectivity index (χ0n) is 9.45. The van der Waals surface area contributed by atoms with Crippen molar-refractivity contribution in [1.82, 2.24) is 4.98 Å². The number of aliphatic hydroxyl groups is 1. The van der Waals surface area contributed by atoms with E-state index in [0.717, 1.165) is 5.01 Å². The minimum absolute atomic E-state index is 0.112. The minimum Gasteiger partial charge on any atom is -0.387 e. The summed E-state index contributed by atoms with van der Waals surface area (Å²) in [5.74, 6) is -1.33. The van der Waals surface area contributed by atoms with E-state index in [1.807, 2.05) is 0 Å². The molecule has 0 aliphatic rings. The number of hydrogen-bond acceptors (Lipinski definition) is 3. The Kier molecular flexibility index (Phi) is 4.09. The smallest absolute Gasteiger partial charge is 0.143 e. The first-order chi connectivity index (χ1) is 8.49. The van der Waals surface area contributed by atoms with Gasteiger partial charge in [-0.05, 0) is 35.0 Å². The van der Waals surface area contributed by atoms with Crippen LogP contribution in [0.25, 0.3) is 0 Å². The van der Waals surface area contributed by atoms with Gasteiger partial charge >= 0.3 is 0 Å². The summed E-state index contributed by atoms with van der Waals surface area (Å²) in [7, 11) is 0. The Morgan fingerprint density at radius 3 is 2.78 bits per heavy atom. The maximum Gasteiger partial charge on any atom is 0.143 e. The summed E-state index contributed by atoms with van der Waals surface area (Å²) in [4.78, 5) is 4.61. The zero-order chi connectivity index (χ0) is 13.3. The third-order valence-corrected chi connectivity index (χ3v) is 4.13. The summed E-state index contributed by atoms with van der Waals surface area (Å²) < 4.78 is 27.4. The predicted molar refractivity (Wildman–Crippen MR) is 69.6 cm³/mol. The van der Waals surface area contributed by atoms with Gasteiger partial charge in [0.25, 0.3) is 0 Å². The van der Waals surface area contributed by atoms with Crippen molar-refractivity contribution in [2.75, 3.05) is 0 Å². The van der Waals surface area contributed by atoms with E-state index in [2.05, 4.69) is 20.9 Å². The molecule has 0 fully saturated rings. The van der Waals surface area contributed by atoms with Crippen molar-refractivity contribution in [1.29, 1.82) is 0 Å². The molecular formula is C12H10BrF2NOS. The number of aromatic nitrogens is 1. The number of hydrogen-bond donors (Lipinski definition) is 1. The van der Waals surface area contributed by atoms with Crippen molar-refractivity contribution < 1.29 is 13.9 Å². The fourth-order valence-corrected chi connectivity index (χ4v) is 2.72. The normalized spacial score (nSPS) is 12.7. The van der Waals surface area contributed by atoms with Gasteiger partial charge in [0.2, 0.25) is 0 Å². The average molecular weight is 334 g/mol. The summed E-state index contributed by atoms with van der Waals surface area (Å²) in [5, 5.41) is 10.8. The van der Waals surface area contributed by atoms with Gasteiger partial charge in [0.15, 0.2) is 0 Å². The molecule has 18 heavy (non-hydrogen) atoms. The lowest BCUT2D eigenvalue weighted by Crippen LogP contribution is -2.05. The van der Waals surface area contributed by atoms with Gasteiger partial charge in [-0.1, -0.05) is 0 Å². The van der Waals surface area contributed by atoms with E-state index in [1.54, 1.807) is 6.92 Å². The lowest BCUT2D eigenvalue weighted by atomic mass is 10.1. The number of nitrogens with zero attached hydrogens (tertiary/aromatic N) is 1. The van der Waals surface area contributed by atoms with Crippen LogP contribution in [0.5, 0.6) is 0 Å². The van der Waals surface area contributed by atoms with Gasteiger partial charge in [-0.15, -0.1) is 11.3 Å². The van der Waals surface area contributed by atoms with E-state index >= 15 is 0 Å². The van der Waals surface area contributed by atoms with Gasteiger partial charge in [-0.2, -0.15) is 0 Å². The molecule has 0 saturated heterocycles. The molecule has 0 amide bonds. The SMILES string of the molecule is Cc1ncc(C(O)Cc2c(F)ccc(Br)c2F)s1. The first-order valence-electron chi connectivity index (χ1n) is 5.22. The molecule has 1 aromatic heterocycles. The molecule has 6 heteroatoms. The monoisotopic (exact) mass is 333 g/mol. The summed E-state index contributed by atoms with van der Waals surface area (Å²) in [5.41, 5.74) is -0.122. The second-order valence-electron chi connectivity index (χ2n) is 3.82. The molecular weight excluding hydrogens is 324 g/mol. The molecule has 1 unspecified atom stereocenters. The molecule has 0 aliphatic heterocycles. The number of halogens is 3. The quantitative estimate of drug-likeness (QED) is 0.867.